The maximum atomic E-state index is 9.57. The van der Waals surface area contributed by atoms with E-state index in [1.54, 1.807) is 0 Å². The van der Waals surface area contributed by atoms with Crippen LogP contribution in [-0.2, 0) is 6.54 Å². The van der Waals surface area contributed by atoms with Gasteiger partial charge in [-0.2, -0.15) is 0 Å². The predicted molar refractivity (Wildman–Crippen MR) is 66.0 cm³/mol. The highest BCUT2D eigenvalue weighted by molar-refractivity contribution is 5.00. The topological polar surface area (TPSA) is 62.4 Å². The Balaban J connectivity index is 1.50. The average molecular weight is 251 g/mol. The Hall–Kier alpha value is -0.940. The molecular weight excluding hydrogens is 230 g/mol. The van der Waals surface area contributed by atoms with Crippen LogP contribution in [0.3, 0.4) is 0 Å². The van der Waals surface area contributed by atoms with Crippen molar-refractivity contribution in [3.05, 3.63) is 11.8 Å². The Morgan fingerprint density at radius 2 is 2.00 bits per heavy atom. The van der Waals surface area contributed by atoms with Crippen molar-refractivity contribution in [2.75, 3.05) is 13.1 Å². The van der Waals surface area contributed by atoms with Gasteiger partial charge in [-0.25, -0.2) is 0 Å². The summed E-state index contributed by atoms with van der Waals surface area (Å²) in [5, 5.41) is 17.8. The number of aliphatic hydroxyl groups excluding tert-OH is 1. The molecule has 3 rings (SSSR count). The first-order valence-electron chi connectivity index (χ1n) is 6.95. The lowest BCUT2D eigenvalue weighted by Crippen LogP contribution is -2.36. The molecule has 0 radical (unpaired) electrons. The number of hydrogen-bond donors (Lipinski definition) is 1. The van der Waals surface area contributed by atoms with Crippen molar-refractivity contribution in [3.8, 4) is 0 Å². The molecule has 0 spiro atoms. The van der Waals surface area contributed by atoms with E-state index >= 15 is 0 Å². The maximum absolute atomic E-state index is 9.57. The number of nitrogens with zero attached hydrogens (tertiary/aromatic N) is 3. The molecule has 1 saturated heterocycles. The molecule has 5 nitrogen and oxygen atoms in total. The van der Waals surface area contributed by atoms with Gasteiger partial charge in [0.05, 0.1) is 12.6 Å². The second-order valence-electron chi connectivity index (χ2n) is 5.66. The van der Waals surface area contributed by atoms with E-state index in [0.717, 1.165) is 44.3 Å². The van der Waals surface area contributed by atoms with Crippen molar-refractivity contribution in [1.29, 1.82) is 0 Å². The minimum atomic E-state index is -0.183. The second kappa shape index (κ2) is 4.97. The molecule has 1 unspecified atom stereocenters. The van der Waals surface area contributed by atoms with Gasteiger partial charge in [0.2, 0.25) is 11.8 Å². The van der Waals surface area contributed by atoms with Gasteiger partial charge >= 0.3 is 0 Å². The van der Waals surface area contributed by atoms with Crippen LogP contribution in [0, 0.1) is 5.92 Å². The van der Waals surface area contributed by atoms with E-state index in [1.165, 1.54) is 12.8 Å². The SMILES string of the molecule is CC(O)C1CCN(Cc2nnc(C3CC3)o2)CC1. The van der Waals surface area contributed by atoms with Gasteiger partial charge in [-0.1, -0.05) is 0 Å². The van der Waals surface area contributed by atoms with E-state index in [4.69, 9.17) is 4.42 Å². The monoisotopic (exact) mass is 251 g/mol. The highest BCUT2D eigenvalue weighted by atomic mass is 16.4. The van der Waals surface area contributed by atoms with Crippen molar-refractivity contribution < 1.29 is 9.52 Å². The van der Waals surface area contributed by atoms with E-state index in [0.29, 0.717) is 11.8 Å². The van der Waals surface area contributed by atoms with Crippen LogP contribution in [0.5, 0.6) is 0 Å². The molecule has 1 atom stereocenters. The van der Waals surface area contributed by atoms with Gasteiger partial charge in [0.25, 0.3) is 0 Å². The van der Waals surface area contributed by atoms with Crippen molar-refractivity contribution in [2.45, 2.75) is 51.2 Å². The number of rotatable bonds is 4. The van der Waals surface area contributed by atoms with Crippen LogP contribution in [0.25, 0.3) is 0 Å². The highest BCUT2D eigenvalue weighted by Gasteiger charge is 2.30. The van der Waals surface area contributed by atoms with E-state index in [-0.39, 0.29) is 6.10 Å². The van der Waals surface area contributed by atoms with Crippen LogP contribution < -0.4 is 0 Å². The molecule has 1 aromatic rings. The number of piperidine rings is 1. The summed E-state index contributed by atoms with van der Waals surface area (Å²) in [5.41, 5.74) is 0. The molecule has 2 fully saturated rings. The summed E-state index contributed by atoms with van der Waals surface area (Å²) in [5.74, 6) is 2.55. The molecule has 18 heavy (non-hydrogen) atoms. The summed E-state index contributed by atoms with van der Waals surface area (Å²) >= 11 is 0. The fraction of sp³-hybridized carbons (Fsp3) is 0.846. The molecule has 100 valence electrons. The molecule has 1 N–H and O–H groups in total. The van der Waals surface area contributed by atoms with Crippen LogP contribution in [0.4, 0.5) is 0 Å². The van der Waals surface area contributed by atoms with Crippen LogP contribution in [0.15, 0.2) is 4.42 Å². The van der Waals surface area contributed by atoms with Crippen molar-refractivity contribution in [1.82, 2.24) is 15.1 Å². The normalized spacial score (nSPS) is 24.3. The Bertz CT molecular complexity index is 393. The van der Waals surface area contributed by atoms with Gasteiger partial charge in [0, 0.05) is 5.92 Å². The molecule has 2 aliphatic rings. The summed E-state index contributed by atoms with van der Waals surface area (Å²) < 4.78 is 5.67. The molecule has 1 aromatic heterocycles. The van der Waals surface area contributed by atoms with Crippen LogP contribution in [0.2, 0.25) is 0 Å². The third kappa shape index (κ3) is 2.72. The molecule has 1 saturated carbocycles. The number of aromatic nitrogens is 2. The first-order chi connectivity index (χ1) is 8.72. The van der Waals surface area contributed by atoms with E-state index in [1.807, 2.05) is 6.92 Å². The Morgan fingerprint density at radius 3 is 2.61 bits per heavy atom. The summed E-state index contributed by atoms with van der Waals surface area (Å²) in [4.78, 5) is 2.34. The van der Waals surface area contributed by atoms with E-state index < -0.39 is 0 Å². The zero-order valence-corrected chi connectivity index (χ0v) is 10.9. The van der Waals surface area contributed by atoms with Gasteiger partial charge in [-0.15, -0.1) is 10.2 Å². The molecule has 2 heterocycles. The average Bonchev–Trinajstić information content (AvgIpc) is 3.11. The minimum absolute atomic E-state index is 0.183. The zero-order chi connectivity index (χ0) is 12.5. The minimum Gasteiger partial charge on any atom is -0.424 e. The van der Waals surface area contributed by atoms with Crippen LogP contribution in [-0.4, -0.2) is 39.4 Å². The van der Waals surface area contributed by atoms with Gasteiger partial charge in [0.1, 0.15) is 0 Å². The fourth-order valence-corrected chi connectivity index (χ4v) is 2.61. The summed E-state index contributed by atoms with van der Waals surface area (Å²) in [6.07, 6.45) is 4.32. The lowest BCUT2D eigenvalue weighted by Gasteiger charge is -2.32. The Morgan fingerprint density at radius 1 is 1.28 bits per heavy atom. The number of aliphatic hydroxyl groups is 1. The van der Waals surface area contributed by atoms with Crippen LogP contribution >= 0.6 is 0 Å². The zero-order valence-electron chi connectivity index (χ0n) is 10.9. The Labute approximate surface area is 107 Å². The molecule has 0 bridgehead atoms. The highest BCUT2D eigenvalue weighted by Crippen LogP contribution is 2.39. The van der Waals surface area contributed by atoms with Crippen molar-refractivity contribution >= 4 is 0 Å². The van der Waals surface area contributed by atoms with Gasteiger partial charge in [-0.05, 0) is 51.6 Å². The molecule has 1 aliphatic heterocycles. The summed E-state index contributed by atoms with van der Waals surface area (Å²) in [6, 6.07) is 0. The standard InChI is InChI=1S/C13H21N3O2/c1-9(17)10-4-6-16(7-5-10)8-12-14-15-13(18-12)11-2-3-11/h9-11,17H,2-8H2,1H3. The van der Waals surface area contributed by atoms with Crippen molar-refractivity contribution in [3.63, 3.8) is 0 Å². The summed E-state index contributed by atoms with van der Waals surface area (Å²) in [6.45, 7) is 4.67. The third-order valence-corrected chi connectivity index (χ3v) is 4.08. The lowest BCUT2D eigenvalue weighted by molar-refractivity contribution is 0.0666. The van der Waals surface area contributed by atoms with Gasteiger partial charge < -0.3 is 9.52 Å². The summed E-state index contributed by atoms with van der Waals surface area (Å²) in [7, 11) is 0. The Kier molecular flexibility index (Phi) is 3.35. The van der Waals surface area contributed by atoms with Gasteiger partial charge in [0.15, 0.2) is 0 Å². The predicted octanol–water partition coefficient (Wildman–Crippen LogP) is 1.54. The van der Waals surface area contributed by atoms with Crippen LogP contribution in [0.1, 0.15) is 50.3 Å². The van der Waals surface area contributed by atoms with E-state index in [2.05, 4.69) is 15.1 Å². The quantitative estimate of drug-likeness (QED) is 0.879. The third-order valence-electron chi connectivity index (χ3n) is 4.08. The first-order valence-corrected chi connectivity index (χ1v) is 6.95. The molecule has 0 amide bonds. The van der Waals surface area contributed by atoms with Crippen molar-refractivity contribution in [2.24, 2.45) is 5.92 Å². The van der Waals surface area contributed by atoms with Gasteiger partial charge in [-0.3, -0.25) is 4.90 Å². The first kappa shape index (κ1) is 12.1. The maximum Gasteiger partial charge on any atom is 0.230 e. The molecule has 5 heteroatoms. The molecule has 1 aliphatic carbocycles. The number of hydrogen-bond acceptors (Lipinski definition) is 5. The lowest BCUT2D eigenvalue weighted by atomic mass is 9.92. The number of likely N-dealkylation sites (tertiary alicyclic amines) is 1. The molecular formula is C13H21N3O2. The smallest absolute Gasteiger partial charge is 0.230 e. The second-order valence-corrected chi connectivity index (χ2v) is 5.66. The molecule has 0 aromatic carbocycles. The van der Waals surface area contributed by atoms with E-state index in [9.17, 15) is 5.11 Å². The largest absolute Gasteiger partial charge is 0.424 e. The fourth-order valence-electron chi connectivity index (χ4n) is 2.61.